The molecule has 4 nitrogen and oxygen atoms in total. The molecule has 0 heterocycles. The molecule has 0 aliphatic heterocycles. The maximum Gasteiger partial charge on any atom is 0.255 e. The van der Waals surface area contributed by atoms with Gasteiger partial charge in [0.15, 0.2) is 0 Å². The van der Waals surface area contributed by atoms with E-state index in [4.69, 9.17) is 0 Å². The fourth-order valence-electron chi connectivity index (χ4n) is 2.68. The molecule has 0 saturated heterocycles. The molecule has 25 heavy (non-hydrogen) atoms. The fourth-order valence-corrected chi connectivity index (χ4v) is 2.68. The lowest BCUT2D eigenvalue weighted by Crippen LogP contribution is -2.27. The van der Waals surface area contributed by atoms with Crippen molar-refractivity contribution in [2.24, 2.45) is 0 Å². The predicted molar refractivity (Wildman–Crippen MR) is 102 cm³/mol. The third kappa shape index (κ3) is 4.69. The Morgan fingerprint density at radius 2 is 1.52 bits per heavy atom. The van der Waals surface area contributed by atoms with Crippen LogP contribution in [0.3, 0.4) is 0 Å². The Balaban J connectivity index is 2.09. The van der Waals surface area contributed by atoms with E-state index in [1.807, 2.05) is 32.0 Å². The van der Waals surface area contributed by atoms with Gasteiger partial charge in [-0.15, -0.1) is 0 Å². The number of hydrogen-bond acceptors (Lipinski definition) is 2. The van der Waals surface area contributed by atoms with Crippen LogP contribution in [0.5, 0.6) is 0 Å². The van der Waals surface area contributed by atoms with Crippen LogP contribution < -0.4 is 5.32 Å². The highest BCUT2D eigenvalue weighted by atomic mass is 16.2. The number of para-hydroxylation sites is 1. The van der Waals surface area contributed by atoms with Gasteiger partial charge in [-0.3, -0.25) is 9.59 Å². The quantitative estimate of drug-likeness (QED) is 0.847. The molecule has 132 valence electrons. The van der Waals surface area contributed by atoms with Crippen molar-refractivity contribution >= 4 is 17.5 Å². The first-order valence-corrected chi connectivity index (χ1v) is 8.67. The van der Waals surface area contributed by atoms with Crippen LogP contribution >= 0.6 is 0 Å². The van der Waals surface area contributed by atoms with Gasteiger partial charge < -0.3 is 10.2 Å². The molecule has 2 aromatic rings. The molecule has 0 saturated carbocycles. The lowest BCUT2D eigenvalue weighted by atomic mass is 10.1. The van der Waals surface area contributed by atoms with Crippen LogP contribution in [0.4, 0.5) is 5.69 Å². The van der Waals surface area contributed by atoms with Crippen molar-refractivity contribution in [2.45, 2.75) is 33.6 Å². The highest BCUT2D eigenvalue weighted by molar-refractivity contribution is 6.05. The normalized spacial score (nSPS) is 10.4. The maximum atomic E-state index is 12.5. The molecule has 2 aromatic carbocycles. The number of benzene rings is 2. The SMILES string of the molecule is CCCCN(C)C(=O)c1ccc(C(=O)Nc2c(C)cccc2C)cc1. The van der Waals surface area contributed by atoms with E-state index in [1.54, 1.807) is 36.2 Å². The maximum absolute atomic E-state index is 12.5. The predicted octanol–water partition coefficient (Wildman–Crippen LogP) is 4.43. The zero-order chi connectivity index (χ0) is 18.4. The highest BCUT2D eigenvalue weighted by Crippen LogP contribution is 2.20. The molecule has 4 heteroatoms. The summed E-state index contributed by atoms with van der Waals surface area (Å²) in [5, 5.41) is 2.96. The number of nitrogens with zero attached hydrogens (tertiary/aromatic N) is 1. The Labute approximate surface area is 149 Å². The number of amides is 2. The molecule has 0 spiro atoms. The molecule has 0 aliphatic carbocycles. The van der Waals surface area contributed by atoms with Crippen molar-refractivity contribution in [3.8, 4) is 0 Å². The van der Waals surface area contributed by atoms with Gasteiger partial charge in [0.1, 0.15) is 0 Å². The number of rotatable bonds is 6. The molecule has 2 amide bonds. The van der Waals surface area contributed by atoms with Gasteiger partial charge in [-0.2, -0.15) is 0 Å². The Morgan fingerprint density at radius 1 is 0.960 bits per heavy atom. The van der Waals surface area contributed by atoms with Crippen molar-refractivity contribution < 1.29 is 9.59 Å². The van der Waals surface area contributed by atoms with Crippen molar-refractivity contribution in [1.29, 1.82) is 0 Å². The van der Waals surface area contributed by atoms with E-state index in [2.05, 4.69) is 12.2 Å². The summed E-state index contributed by atoms with van der Waals surface area (Å²) < 4.78 is 0. The molecule has 0 fully saturated rings. The average molecular weight is 338 g/mol. The standard InChI is InChI=1S/C21H26N2O2/c1-5-6-14-23(4)21(25)18-12-10-17(11-13-18)20(24)22-19-15(2)8-7-9-16(19)3/h7-13H,5-6,14H2,1-4H3,(H,22,24). The third-order valence-electron chi connectivity index (χ3n) is 4.31. The van der Waals surface area contributed by atoms with Crippen LogP contribution in [0.1, 0.15) is 51.6 Å². The first kappa shape index (κ1) is 18.7. The second-order valence-corrected chi connectivity index (χ2v) is 6.38. The summed E-state index contributed by atoms with van der Waals surface area (Å²) in [6.45, 7) is 6.78. The van der Waals surface area contributed by atoms with Crippen LogP contribution in [-0.2, 0) is 0 Å². The Morgan fingerprint density at radius 3 is 2.08 bits per heavy atom. The molecule has 0 aliphatic rings. The number of hydrogen-bond donors (Lipinski definition) is 1. The van der Waals surface area contributed by atoms with E-state index in [0.717, 1.165) is 36.2 Å². The zero-order valence-electron chi connectivity index (χ0n) is 15.4. The lowest BCUT2D eigenvalue weighted by Gasteiger charge is -2.17. The van der Waals surface area contributed by atoms with Crippen molar-refractivity contribution in [2.75, 3.05) is 18.9 Å². The molecule has 0 bridgehead atoms. The first-order chi connectivity index (χ1) is 11.9. The summed E-state index contributed by atoms with van der Waals surface area (Å²) in [6.07, 6.45) is 2.04. The molecule has 0 radical (unpaired) electrons. The Bertz CT molecular complexity index is 731. The van der Waals surface area contributed by atoms with E-state index in [1.165, 1.54) is 0 Å². The van der Waals surface area contributed by atoms with Crippen LogP contribution in [0.15, 0.2) is 42.5 Å². The number of carbonyl (C=O) groups excluding carboxylic acids is 2. The molecule has 1 N–H and O–H groups in total. The van der Waals surface area contributed by atoms with E-state index in [9.17, 15) is 9.59 Å². The van der Waals surface area contributed by atoms with E-state index in [0.29, 0.717) is 11.1 Å². The monoisotopic (exact) mass is 338 g/mol. The Hall–Kier alpha value is -2.62. The minimum Gasteiger partial charge on any atom is -0.342 e. The molecule has 0 atom stereocenters. The molecule has 0 unspecified atom stereocenters. The molecule has 2 rings (SSSR count). The minimum absolute atomic E-state index is 0.0184. The molecular weight excluding hydrogens is 312 g/mol. The van der Waals surface area contributed by atoms with Gasteiger partial charge >= 0.3 is 0 Å². The number of aryl methyl sites for hydroxylation is 2. The van der Waals surface area contributed by atoms with Crippen molar-refractivity contribution in [3.63, 3.8) is 0 Å². The van der Waals surface area contributed by atoms with Gasteiger partial charge in [0.2, 0.25) is 0 Å². The van der Waals surface area contributed by atoms with E-state index < -0.39 is 0 Å². The summed E-state index contributed by atoms with van der Waals surface area (Å²) in [6, 6.07) is 12.7. The largest absolute Gasteiger partial charge is 0.342 e. The number of unbranched alkanes of at least 4 members (excludes halogenated alkanes) is 1. The lowest BCUT2D eigenvalue weighted by molar-refractivity contribution is 0.0792. The van der Waals surface area contributed by atoms with Gasteiger partial charge in [0.25, 0.3) is 11.8 Å². The number of nitrogens with one attached hydrogen (secondary N) is 1. The molecular formula is C21H26N2O2. The second-order valence-electron chi connectivity index (χ2n) is 6.38. The van der Waals surface area contributed by atoms with Crippen molar-refractivity contribution in [3.05, 3.63) is 64.7 Å². The van der Waals surface area contributed by atoms with Gasteiger partial charge in [0.05, 0.1) is 0 Å². The van der Waals surface area contributed by atoms with E-state index in [-0.39, 0.29) is 11.8 Å². The van der Waals surface area contributed by atoms with Crippen LogP contribution in [-0.4, -0.2) is 30.3 Å². The zero-order valence-corrected chi connectivity index (χ0v) is 15.4. The Kier molecular flexibility index (Phi) is 6.34. The van der Waals surface area contributed by atoms with Crippen molar-refractivity contribution in [1.82, 2.24) is 4.90 Å². The minimum atomic E-state index is -0.171. The summed E-state index contributed by atoms with van der Waals surface area (Å²) in [5.41, 5.74) is 4.03. The van der Waals surface area contributed by atoms with Gasteiger partial charge in [-0.1, -0.05) is 31.5 Å². The van der Waals surface area contributed by atoms with E-state index >= 15 is 0 Å². The average Bonchev–Trinajstić information content (AvgIpc) is 2.62. The summed E-state index contributed by atoms with van der Waals surface area (Å²) in [4.78, 5) is 26.5. The smallest absolute Gasteiger partial charge is 0.255 e. The molecule has 0 aromatic heterocycles. The second kappa shape index (κ2) is 8.47. The third-order valence-corrected chi connectivity index (χ3v) is 4.31. The van der Waals surface area contributed by atoms with Gasteiger partial charge in [-0.25, -0.2) is 0 Å². The topological polar surface area (TPSA) is 49.4 Å². The van der Waals surface area contributed by atoms with Gasteiger partial charge in [0, 0.05) is 30.4 Å². The van der Waals surface area contributed by atoms with Crippen LogP contribution in [0.2, 0.25) is 0 Å². The summed E-state index contributed by atoms with van der Waals surface area (Å²) in [5.74, 6) is -0.189. The van der Waals surface area contributed by atoms with Crippen LogP contribution in [0, 0.1) is 13.8 Å². The number of anilines is 1. The first-order valence-electron chi connectivity index (χ1n) is 8.67. The summed E-state index contributed by atoms with van der Waals surface area (Å²) in [7, 11) is 1.81. The number of carbonyl (C=O) groups is 2. The van der Waals surface area contributed by atoms with Crippen LogP contribution in [0.25, 0.3) is 0 Å². The fraction of sp³-hybridized carbons (Fsp3) is 0.333. The summed E-state index contributed by atoms with van der Waals surface area (Å²) >= 11 is 0. The highest BCUT2D eigenvalue weighted by Gasteiger charge is 2.13. The van der Waals surface area contributed by atoms with Gasteiger partial charge in [-0.05, 0) is 55.7 Å².